The van der Waals surface area contributed by atoms with Gasteiger partial charge in [-0.25, -0.2) is 4.98 Å². The molecule has 0 aliphatic carbocycles. The number of ether oxygens (including phenoxy) is 1. The first-order chi connectivity index (χ1) is 8.22. The highest BCUT2D eigenvalue weighted by molar-refractivity contribution is 5.95. The van der Waals surface area contributed by atoms with Crippen LogP contribution in [0, 0.1) is 0 Å². The highest BCUT2D eigenvalue weighted by Gasteiger charge is 2.11. The lowest BCUT2D eigenvalue weighted by Crippen LogP contribution is -2.13. The second kappa shape index (κ2) is 4.65. The van der Waals surface area contributed by atoms with E-state index in [1.165, 1.54) is 7.11 Å². The Bertz CT molecular complexity index is 538. The quantitative estimate of drug-likeness (QED) is 0.871. The molecule has 1 heterocycles. The van der Waals surface area contributed by atoms with E-state index in [2.05, 4.69) is 4.98 Å². The molecule has 2 rings (SSSR count). The number of hydrogen-bond donors (Lipinski definition) is 1. The Morgan fingerprint density at radius 1 is 1.18 bits per heavy atom. The van der Waals surface area contributed by atoms with Crippen molar-refractivity contribution in [2.75, 3.05) is 7.11 Å². The maximum Gasteiger partial charge on any atom is 0.254 e. The summed E-state index contributed by atoms with van der Waals surface area (Å²) in [5.74, 6) is -0.298. The van der Waals surface area contributed by atoms with Gasteiger partial charge in [-0.15, -0.1) is 0 Å². The Labute approximate surface area is 99.1 Å². The minimum absolute atomic E-state index is 0.249. The topological polar surface area (TPSA) is 65.2 Å². The molecule has 1 amide bonds. The molecule has 1 aromatic heterocycles. The van der Waals surface area contributed by atoms with Crippen LogP contribution in [-0.2, 0) is 0 Å². The SMILES string of the molecule is COc1nc(-c2ccccc2)ccc1C(N)=O. The van der Waals surface area contributed by atoms with Crippen LogP contribution < -0.4 is 10.5 Å². The van der Waals surface area contributed by atoms with Gasteiger partial charge in [0.05, 0.1) is 12.8 Å². The van der Waals surface area contributed by atoms with Gasteiger partial charge < -0.3 is 10.5 Å². The van der Waals surface area contributed by atoms with E-state index in [9.17, 15) is 4.79 Å². The molecule has 17 heavy (non-hydrogen) atoms. The van der Waals surface area contributed by atoms with Crippen molar-refractivity contribution in [1.29, 1.82) is 0 Å². The van der Waals surface area contributed by atoms with Crippen molar-refractivity contribution in [3.8, 4) is 17.1 Å². The molecule has 0 atom stereocenters. The average molecular weight is 228 g/mol. The summed E-state index contributed by atoms with van der Waals surface area (Å²) in [5.41, 5.74) is 7.21. The van der Waals surface area contributed by atoms with Gasteiger partial charge in [-0.3, -0.25) is 4.79 Å². The summed E-state index contributed by atoms with van der Waals surface area (Å²) in [5, 5.41) is 0. The molecule has 2 aromatic rings. The molecule has 4 nitrogen and oxygen atoms in total. The van der Waals surface area contributed by atoms with Gasteiger partial charge in [-0.05, 0) is 12.1 Å². The van der Waals surface area contributed by atoms with E-state index in [4.69, 9.17) is 10.5 Å². The van der Waals surface area contributed by atoms with Crippen LogP contribution in [0.4, 0.5) is 0 Å². The second-order valence-corrected chi connectivity index (χ2v) is 3.48. The molecule has 0 aliphatic rings. The highest BCUT2D eigenvalue weighted by Crippen LogP contribution is 2.22. The van der Waals surface area contributed by atoms with Crippen LogP contribution in [0.5, 0.6) is 5.88 Å². The number of primary amides is 1. The number of hydrogen-bond acceptors (Lipinski definition) is 3. The van der Waals surface area contributed by atoms with Crippen LogP contribution in [0.2, 0.25) is 0 Å². The molecule has 0 unspecified atom stereocenters. The van der Waals surface area contributed by atoms with Crippen LogP contribution in [0.25, 0.3) is 11.3 Å². The van der Waals surface area contributed by atoms with Gasteiger partial charge in [-0.1, -0.05) is 30.3 Å². The van der Waals surface area contributed by atoms with E-state index in [-0.39, 0.29) is 11.4 Å². The van der Waals surface area contributed by atoms with Gasteiger partial charge in [0.25, 0.3) is 5.91 Å². The second-order valence-electron chi connectivity index (χ2n) is 3.48. The minimum Gasteiger partial charge on any atom is -0.480 e. The number of methoxy groups -OCH3 is 1. The van der Waals surface area contributed by atoms with Crippen molar-refractivity contribution in [2.45, 2.75) is 0 Å². The molecular formula is C13H12N2O2. The van der Waals surface area contributed by atoms with Crippen molar-refractivity contribution in [2.24, 2.45) is 5.73 Å². The molecule has 0 saturated carbocycles. The zero-order valence-corrected chi connectivity index (χ0v) is 9.38. The summed E-state index contributed by atoms with van der Waals surface area (Å²) in [7, 11) is 1.46. The summed E-state index contributed by atoms with van der Waals surface area (Å²) < 4.78 is 5.06. The van der Waals surface area contributed by atoms with Gasteiger partial charge in [0, 0.05) is 5.56 Å². The van der Waals surface area contributed by atoms with E-state index in [0.29, 0.717) is 0 Å². The first kappa shape index (κ1) is 11.1. The van der Waals surface area contributed by atoms with Crippen molar-refractivity contribution in [3.05, 3.63) is 48.0 Å². The Morgan fingerprint density at radius 3 is 2.47 bits per heavy atom. The van der Waals surface area contributed by atoms with Crippen LogP contribution >= 0.6 is 0 Å². The lowest BCUT2D eigenvalue weighted by atomic mass is 10.1. The van der Waals surface area contributed by atoms with Crippen LogP contribution in [0.3, 0.4) is 0 Å². The lowest BCUT2D eigenvalue weighted by molar-refractivity contribution is 0.0996. The zero-order valence-electron chi connectivity index (χ0n) is 9.38. The molecule has 0 aliphatic heterocycles. The number of carbonyl (C=O) groups is 1. The predicted octanol–water partition coefficient (Wildman–Crippen LogP) is 1.86. The third-order valence-corrected chi connectivity index (χ3v) is 2.39. The Morgan fingerprint density at radius 2 is 1.88 bits per heavy atom. The Kier molecular flexibility index (Phi) is 3.05. The number of benzene rings is 1. The summed E-state index contributed by atoms with van der Waals surface area (Å²) in [4.78, 5) is 15.4. The van der Waals surface area contributed by atoms with E-state index >= 15 is 0 Å². The summed E-state index contributed by atoms with van der Waals surface area (Å²) in [6.45, 7) is 0. The number of carbonyl (C=O) groups excluding carboxylic acids is 1. The van der Waals surface area contributed by atoms with Gasteiger partial charge >= 0.3 is 0 Å². The van der Waals surface area contributed by atoms with Crippen molar-refractivity contribution < 1.29 is 9.53 Å². The number of rotatable bonds is 3. The van der Waals surface area contributed by atoms with Crippen LogP contribution in [0.1, 0.15) is 10.4 Å². The number of amides is 1. The van der Waals surface area contributed by atoms with Gasteiger partial charge in [0.1, 0.15) is 5.56 Å². The fourth-order valence-electron chi connectivity index (χ4n) is 1.55. The molecule has 0 spiro atoms. The molecule has 0 fully saturated rings. The predicted molar refractivity (Wildman–Crippen MR) is 64.7 cm³/mol. The average Bonchev–Trinajstić information content (AvgIpc) is 2.39. The number of aromatic nitrogens is 1. The summed E-state index contributed by atoms with van der Waals surface area (Å²) in [6.07, 6.45) is 0. The number of nitrogens with two attached hydrogens (primary N) is 1. The van der Waals surface area contributed by atoms with Gasteiger partial charge in [0.15, 0.2) is 0 Å². The van der Waals surface area contributed by atoms with Crippen molar-refractivity contribution >= 4 is 5.91 Å². The maximum absolute atomic E-state index is 11.1. The van der Waals surface area contributed by atoms with Gasteiger partial charge in [0.2, 0.25) is 5.88 Å². The Balaban J connectivity index is 2.49. The third-order valence-electron chi connectivity index (χ3n) is 2.39. The standard InChI is InChI=1S/C13H12N2O2/c1-17-13-10(12(14)16)7-8-11(15-13)9-5-3-2-4-6-9/h2-8H,1H3,(H2,14,16). The molecule has 86 valence electrons. The van der Waals surface area contributed by atoms with E-state index in [1.54, 1.807) is 12.1 Å². The van der Waals surface area contributed by atoms with E-state index in [0.717, 1.165) is 11.3 Å². The van der Waals surface area contributed by atoms with E-state index < -0.39 is 5.91 Å². The van der Waals surface area contributed by atoms with Crippen LogP contribution in [0.15, 0.2) is 42.5 Å². The number of pyridine rings is 1. The molecule has 4 heteroatoms. The maximum atomic E-state index is 11.1. The lowest BCUT2D eigenvalue weighted by Gasteiger charge is -2.07. The molecule has 2 N–H and O–H groups in total. The normalized spacial score (nSPS) is 9.94. The third kappa shape index (κ3) is 2.25. The largest absolute Gasteiger partial charge is 0.480 e. The minimum atomic E-state index is -0.547. The number of nitrogens with zero attached hydrogens (tertiary/aromatic N) is 1. The highest BCUT2D eigenvalue weighted by atomic mass is 16.5. The first-order valence-corrected chi connectivity index (χ1v) is 5.12. The van der Waals surface area contributed by atoms with Gasteiger partial charge in [-0.2, -0.15) is 0 Å². The molecule has 0 saturated heterocycles. The summed E-state index contributed by atoms with van der Waals surface area (Å²) >= 11 is 0. The molecule has 1 aromatic carbocycles. The zero-order chi connectivity index (χ0) is 12.3. The van der Waals surface area contributed by atoms with Crippen molar-refractivity contribution in [1.82, 2.24) is 4.98 Å². The monoisotopic (exact) mass is 228 g/mol. The smallest absolute Gasteiger partial charge is 0.254 e. The van der Waals surface area contributed by atoms with E-state index in [1.807, 2.05) is 30.3 Å². The van der Waals surface area contributed by atoms with Crippen molar-refractivity contribution in [3.63, 3.8) is 0 Å². The summed E-state index contributed by atoms with van der Waals surface area (Å²) in [6, 6.07) is 13.0. The molecule has 0 bridgehead atoms. The molecule has 0 radical (unpaired) electrons. The van der Waals surface area contributed by atoms with Crippen LogP contribution in [-0.4, -0.2) is 18.0 Å². The Hall–Kier alpha value is -2.36. The molecular weight excluding hydrogens is 216 g/mol. The fraction of sp³-hybridized carbons (Fsp3) is 0.0769. The fourth-order valence-corrected chi connectivity index (χ4v) is 1.55. The first-order valence-electron chi connectivity index (χ1n) is 5.12.